The van der Waals surface area contributed by atoms with E-state index in [0.29, 0.717) is 24.0 Å². The zero-order valence-electron chi connectivity index (χ0n) is 17.8. The van der Waals surface area contributed by atoms with E-state index in [1.807, 2.05) is 54.6 Å². The Morgan fingerprint density at radius 3 is 2.06 bits per heavy atom. The number of para-hydroxylation sites is 1. The quantitative estimate of drug-likeness (QED) is 0.372. The molecule has 3 aromatic carbocycles. The first-order valence-electron chi connectivity index (χ1n) is 10.8. The van der Waals surface area contributed by atoms with Crippen molar-refractivity contribution in [3.63, 3.8) is 0 Å². The van der Waals surface area contributed by atoms with Gasteiger partial charge in [0.15, 0.2) is 0 Å². The summed E-state index contributed by atoms with van der Waals surface area (Å²) in [4.78, 5) is 38.9. The van der Waals surface area contributed by atoms with Crippen LogP contribution in [0.1, 0.15) is 39.1 Å². The Labute approximate surface area is 196 Å². The summed E-state index contributed by atoms with van der Waals surface area (Å²) in [5, 5.41) is 0. The van der Waals surface area contributed by atoms with Gasteiger partial charge in [-0.05, 0) is 66.8 Å². The van der Waals surface area contributed by atoms with E-state index in [1.165, 1.54) is 16.8 Å². The average Bonchev–Trinajstić information content (AvgIpc) is 3.31. The SMILES string of the molecule is O=C1c2ccccc2C(=O)N1CSN1C(=O)CC[C@@H]1Cc1ccc(Oc2ccccc2)cc1. The number of hydrogen-bond acceptors (Lipinski definition) is 5. The van der Waals surface area contributed by atoms with Gasteiger partial charge < -0.3 is 4.74 Å². The smallest absolute Gasteiger partial charge is 0.262 e. The Morgan fingerprint density at radius 1 is 0.788 bits per heavy atom. The molecular formula is C26H22N2O4S. The van der Waals surface area contributed by atoms with Crippen LogP contribution in [0.2, 0.25) is 0 Å². The maximum atomic E-state index is 12.6. The highest BCUT2D eigenvalue weighted by atomic mass is 32.2. The third-order valence-electron chi connectivity index (χ3n) is 5.85. The summed E-state index contributed by atoms with van der Waals surface area (Å²) >= 11 is 1.24. The second-order valence-corrected chi connectivity index (χ2v) is 8.93. The summed E-state index contributed by atoms with van der Waals surface area (Å²) in [6, 6.07) is 24.3. The molecule has 0 bridgehead atoms. The predicted octanol–water partition coefficient (Wildman–Crippen LogP) is 4.91. The number of fused-ring (bicyclic) bond motifs is 1. The van der Waals surface area contributed by atoms with Gasteiger partial charge in [0.1, 0.15) is 11.5 Å². The molecule has 0 saturated carbocycles. The van der Waals surface area contributed by atoms with Crippen LogP contribution in [0.4, 0.5) is 0 Å². The standard InChI is InChI=1S/C26H22N2O4S/c29-24-15-12-19(16-18-10-13-21(14-11-18)32-20-6-2-1-3-7-20)28(24)33-17-27-25(30)22-8-4-5-9-23(22)26(27)31/h1-11,13-14,19H,12,15-17H2/t19-/m1/s1. The fraction of sp³-hybridized carbons (Fsp3) is 0.192. The van der Waals surface area contributed by atoms with Crippen LogP contribution in [0.15, 0.2) is 78.9 Å². The second-order valence-electron chi connectivity index (χ2n) is 8.02. The van der Waals surface area contributed by atoms with E-state index in [-0.39, 0.29) is 29.6 Å². The summed E-state index contributed by atoms with van der Waals surface area (Å²) in [7, 11) is 0. The predicted molar refractivity (Wildman–Crippen MR) is 126 cm³/mol. The Bertz CT molecular complexity index is 1160. The fourth-order valence-electron chi connectivity index (χ4n) is 4.15. The van der Waals surface area contributed by atoms with E-state index in [1.54, 1.807) is 28.6 Å². The zero-order chi connectivity index (χ0) is 22.8. The molecule has 2 heterocycles. The van der Waals surface area contributed by atoms with Crippen LogP contribution in [0.3, 0.4) is 0 Å². The third-order valence-corrected chi connectivity index (χ3v) is 7.00. The first-order valence-corrected chi connectivity index (χ1v) is 11.8. The van der Waals surface area contributed by atoms with Crippen molar-refractivity contribution in [2.75, 3.05) is 5.88 Å². The molecule has 0 aromatic heterocycles. The van der Waals surface area contributed by atoms with Gasteiger partial charge in [-0.2, -0.15) is 0 Å². The van der Waals surface area contributed by atoms with Crippen LogP contribution in [-0.2, 0) is 11.2 Å². The van der Waals surface area contributed by atoms with Crippen molar-refractivity contribution in [1.29, 1.82) is 0 Å². The number of rotatable bonds is 7. The van der Waals surface area contributed by atoms with Gasteiger partial charge >= 0.3 is 0 Å². The number of carbonyl (C=O) groups excluding carboxylic acids is 3. The highest BCUT2D eigenvalue weighted by molar-refractivity contribution is 7.97. The first-order chi connectivity index (χ1) is 16.1. The fourth-order valence-corrected chi connectivity index (χ4v) is 5.25. The van der Waals surface area contributed by atoms with Crippen molar-refractivity contribution in [2.45, 2.75) is 25.3 Å². The maximum absolute atomic E-state index is 12.6. The van der Waals surface area contributed by atoms with Crippen molar-refractivity contribution in [3.8, 4) is 11.5 Å². The molecule has 166 valence electrons. The van der Waals surface area contributed by atoms with E-state index < -0.39 is 0 Å². The number of hydrogen-bond donors (Lipinski definition) is 0. The van der Waals surface area contributed by atoms with Crippen molar-refractivity contribution >= 4 is 29.7 Å². The van der Waals surface area contributed by atoms with E-state index in [4.69, 9.17) is 4.74 Å². The van der Waals surface area contributed by atoms with Gasteiger partial charge in [-0.1, -0.05) is 42.5 Å². The molecule has 6 nitrogen and oxygen atoms in total. The second kappa shape index (κ2) is 9.11. The summed E-state index contributed by atoms with van der Waals surface area (Å²) < 4.78 is 7.58. The Kier molecular flexibility index (Phi) is 5.88. The van der Waals surface area contributed by atoms with E-state index in [0.717, 1.165) is 23.5 Å². The number of imide groups is 1. The molecule has 2 aliphatic rings. The zero-order valence-corrected chi connectivity index (χ0v) is 18.7. The highest BCUT2D eigenvalue weighted by Gasteiger charge is 2.37. The largest absolute Gasteiger partial charge is 0.457 e. The molecule has 33 heavy (non-hydrogen) atoms. The normalized spacial score (nSPS) is 17.6. The lowest BCUT2D eigenvalue weighted by Crippen LogP contribution is -2.34. The Morgan fingerprint density at radius 2 is 1.39 bits per heavy atom. The lowest BCUT2D eigenvalue weighted by atomic mass is 10.0. The van der Waals surface area contributed by atoms with Gasteiger partial charge in [0.05, 0.1) is 17.0 Å². The molecule has 0 aliphatic carbocycles. The summed E-state index contributed by atoms with van der Waals surface area (Å²) in [5.41, 5.74) is 1.94. The third kappa shape index (κ3) is 4.36. The topological polar surface area (TPSA) is 66.9 Å². The van der Waals surface area contributed by atoms with Gasteiger partial charge in [0, 0.05) is 12.5 Å². The minimum atomic E-state index is -0.305. The van der Waals surface area contributed by atoms with Crippen LogP contribution < -0.4 is 4.74 Å². The number of nitrogens with zero attached hydrogens (tertiary/aromatic N) is 2. The average molecular weight is 459 g/mol. The summed E-state index contributed by atoms with van der Waals surface area (Å²) in [6.07, 6.45) is 1.91. The lowest BCUT2D eigenvalue weighted by Gasteiger charge is -2.25. The van der Waals surface area contributed by atoms with Crippen LogP contribution >= 0.6 is 11.9 Å². The number of carbonyl (C=O) groups is 3. The van der Waals surface area contributed by atoms with Crippen LogP contribution in [0.5, 0.6) is 11.5 Å². The molecule has 7 heteroatoms. The molecule has 0 radical (unpaired) electrons. The van der Waals surface area contributed by atoms with Crippen LogP contribution in [-0.4, -0.2) is 38.8 Å². The number of ether oxygens (including phenoxy) is 1. The van der Waals surface area contributed by atoms with Gasteiger partial charge in [-0.25, -0.2) is 0 Å². The minimum Gasteiger partial charge on any atom is -0.457 e. The Hall–Kier alpha value is -3.58. The van der Waals surface area contributed by atoms with Crippen molar-refractivity contribution in [3.05, 3.63) is 95.6 Å². The van der Waals surface area contributed by atoms with Crippen molar-refractivity contribution in [2.24, 2.45) is 0 Å². The van der Waals surface area contributed by atoms with Gasteiger partial charge in [0.2, 0.25) is 5.91 Å². The maximum Gasteiger partial charge on any atom is 0.262 e. The highest BCUT2D eigenvalue weighted by Crippen LogP contribution is 2.32. The number of amides is 3. The molecule has 0 N–H and O–H groups in total. The van der Waals surface area contributed by atoms with Crippen LogP contribution in [0, 0.1) is 0 Å². The Balaban J connectivity index is 1.21. The van der Waals surface area contributed by atoms with Gasteiger partial charge in [-0.15, -0.1) is 0 Å². The first kappa shape index (κ1) is 21.3. The van der Waals surface area contributed by atoms with Gasteiger partial charge in [0.25, 0.3) is 11.8 Å². The van der Waals surface area contributed by atoms with Gasteiger partial charge in [-0.3, -0.25) is 23.6 Å². The molecule has 1 saturated heterocycles. The molecule has 3 aromatic rings. The molecule has 0 unspecified atom stereocenters. The molecule has 2 aliphatic heterocycles. The molecule has 3 amide bonds. The molecule has 1 fully saturated rings. The van der Waals surface area contributed by atoms with Crippen molar-refractivity contribution < 1.29 is 19.1 Å². The molecular weight excluding hydrogens is 436 g/mol. The van der Waals surface area contributed by atoms with E-state index >= 15 is 0 Å². The number of benzene rings is 3. The summed E-state index contributed by atoms with van der Waals surface area (Å²) in [5.74, 6) is 1.08. The molecule has 0 spiro atoms. The van der Waals surface area contributed by atoms with Crippen LogP contribution in [0.25, 0.3) is 0 Å². The lowest BCUT2D eigenvalue weighted by molar-refractivity contribution is -0.124. The monoisotopic (exact) mass is 458 g/mol. The molecule has 5 rings (SSSR count). The minimum absolute atomic E-state index is 0.0126. The van der Waals surface area contributed by atoms with E-state index in [2.05, 4.69) is 0 Å². The molecule has 1 atom stereocenters. The summed E-state index contributed by atoms with van der Waals surface area (Å²) in [6.45, 7) is 0. The van der Waals surface area contributed by atoms with Crippen molar-refractivity contribution in [1.82, 2.24) is 9.21 Å². The van der Waals surface area contributed by atoms with E-state index in [9.17, 15) is 14.4 Å².